The summed E-state index contributed by atoms with van der Waals surface area (Å²) < 4.78 is 42.1. The van der Waals surface area contributed by atoms with Crippen molar-refractivity contribution in [1.82, 2.24) is 0 Å². The van der Waals surface area contributed by atoms with Crippen molar-refractivity contribution in [3.05, 3.63) is 40.3 Å². The number of nitrogens with zero attached hydrogens (tertiary/aromatic N) is 1. The number of benzene rings is 1. The average Bonchev–Trinajstić information content (AvgIpc) is 2.92. The molecule has 0 bridgehead atoms. The first-order valence-corrected chi connectivity index (χ1v) is 7.12. The summed E-state index contributed by atoms with van der Waals surface area (Å²) in [5.74, 6) is -1.40. The fraction of sp³-hybridized carbons (Fsp3) is 0.286. The quantitative estimate of drug-likeness (QED) is 0.825. The van der Waals surface area contributed by atoms with Gasteiger partial charge >= 0.3 is 6.61 Å². The Morgan fingerprint density at radius 1 is 1.38 bits per heavy atom. The number of halogens is 3. The molecule has 0 aliphatic carbocycles. The molecular formula is C14H15F3N2OS. The molecule has 3 nitrogen and oxygen atoms in total. The minimum atomic E-state index is -3.08. The van der Waals surface area contributed by atoms with Crippen molar-refractivity contribution < 1.29 is 17.9 Å². The summed E-state index contributed by atoms with van der Waals surface area (Å²) in [6.07, 6.45) is 0.788. The van der Waals surface area contributed by atoms with Gasteiger partial charge in [0.1, 0.15) is 0 Å². The van der Waals surface area contributed by atoms with Crippen LogP contribution in [0.15, 0.2) is 29.6 Å². The van der Waals surface area contributed by atoms with Crippen molar-refractivity contribution in [2.75, 3.05) is 24.2 Å². The molecule has 1 aromatic heterocycles. The molecule has 1 heterocycles. The third kappa shape index (κ3) is 4.04. The van der Waals surface area contributed by atoms with E-state index in [9.17, 15) is 13.2 Å². The topological polar surface area (TPSA) is 38.5 Å². The van der Waals surface area contributed by atoms with Gasteiger partial charge in [0.25, 0.3) is 0 Å². The van der Waals surface area contributed by atoms with Gasteiger partial charge in [0, 0.05) is 30.6 Å². The molecule has 0 spiro atoms. The van der Waals surface area contributed by atoms with Crippen molar-refractivity contribution >= 4 is 22.7 Å². The van der Waals surface area contributed by atoms with Crippen LogP contribution in [0.3, 0.4) is 0 Å². The monoisotopic (exact) mass is 316 g/mol. The van der Waals surface area contributed by atoms with Gasteiger partial charge in [-0.15, -0.1) is 11.3 Å². The van der Waals surface area contributed by atoms with Crippen LogP contribution < -0.4 is 15.4 Å². The van der Waals surface area contributed by atoms with Crippen molar-refractivity contribution in [3.63, 3.8) is 0 Å². The zero-order valence-corrected chi connectivity index (χ0v) is 12.2. The Bertz CT molecular complexity index is 590. The second-order valence-electron chi connectivity index (χ2n) is 4.47. The molecule has 0 amide bonds. The molecule has 2 N–H and O–H groups in total. The van der Waals surface area contributed by atoms with Gasteiger partial charge in [-0.05, 0) is 17.9 Å². The van der Waals surface area contributed by atoms with Crippen LogP contribution in [0, 0.1) is 5.82 Å². The largest absolute Gasteiger partial charge is 0.432 e. The van der Waals surface area contributed by atoms with E-state index in [1.165, 1.54) is 10.9 Å². The summed E-state index contributed by atoms with van der Waals surface area (Å²) >= 11 is 1.64. The van der Waals surface area contributed by atoms with E-state index in [1.807, 2.05) is 17.5 Å². The lowest BCUT2D eigenvalue weighted by Gasteiger charge is -2.22. The molecule has 0 saturated heterocycles. The van der Waals surface area contributed by atoms with Gasteiger partial charge < -0.3 is 15.4 Å². The van der Waals surface area contributed by atoms with Gasteiger partial charge in [0.2, 0.25) is 0 Å². The first-order valence-electron chi connectivity index (χ1n) is 6.24. The number of nitrogens with two attached hydrogens (primary N) is 1. The SMILES string of the molecule is CN(CCc1cccs1)c1cc(OC(F)F)c(F)cc1N. The zero-order chi connectivity index (χ0) is 15.4. The average molecular weight is 316 g/mol. The van der Waals surface area contributed by atoms with E-state index in [4.69, 9.17) is 5.73 Å². The van der Waals surface area contributed by atoms with Crippen LogP contribution in [-0.4, -0.2) is 20.2 Å². The third-order valence-corrected chi connectivity index (χ3v) is 3.92. The Morgan fingerprint density at radius 3 is 2.76 bits per heavy atom. The summed E-state index contributed by atoms with van der Waals surface area (Å²) in [5.41, 5.74) is 6.39. The van der Waals surface area contributed by atoms with Crippen molar-refractivity contribution in [2.45, 2.75) is 13.0 Å². The molecule has 0 aliphatic rings. The van der Waals surface area contributed by atoms with Crippen LogP contribution in [0.4, 0.5) is 24.5 Å². The Balaban J connectivity index is 2.13. The van der Waals surface area contributed by atoms with Crippen molar-refractivity contribution in [1.29, 1.82) is 0 Å². The summed E-state index contributed by atoms with van der Waals surface area (Å²) in [4.78, 5) is 2.99. The highest BCUT2D eigenvalue weighted by atomic mass is 32.1. The second-order valence-corrected chi connectivity index (χ2v) is 5.50. The number of nitrogen functional groups attached to an aromatic ring is 1. The molecule has 0 radical (unpaired) electrons. The van der Waals surface area contributed by atoms with Gasteiger partial charge in [0.05, 0.1) is 11.4 Å². The van der Waals surface area contributed by atoms with Gasteiger partial charge in [-0.2, -0.15) is 8.78 Å². The van der Waals surface area contributed by atoms with Crippen LogP contribution >= 0.6 is 11.3 Å². The van der Waals surface area contributed by atoms with Crippen LogP contribution in [0.1, 0.15) is 4.88 Å². The molecule has 0 unspecified atom stereocenters. The summed E-state index contributed by atoms with van der Waals surface area (Å²) in [7, 11) is 1.77. The van der Waals surface area contributed by atoms with Crippen LogP contribution in [0.2, 0.25) is 0 Å². The number of anilines is 2. The van der Waals surface area contributed by atoms with Crippen molar-refractivity contribution in [3.8, 4) is 5.75 Å². The molecule has 0 saturated carbocycles. The first-order chi connectivity index (χ1) is 9.97. The van der Waals surface area contributed by atoms with E-state index in [-0.39, 0.29) is 5.69 Å². The number of ether oxygens (including phenoxy) is 1. The number of likely N-dealkylation sites (N-methyl/N-ethyl adjacent to an activating group) is 1. The molecule has 2 rings (SSSR count). The highest BCUT2D eigenvalue weighted by molar-refractivity contribution is 7.09. The lowest BCUT2D eigenvalue weighted by molar-refractivity contribution is -0.0521. The predicted molar refractivity (Wildman–Crippen MR) is 78.7 cm³/mol. The highest BCUT2D eigenvalue weighted by Gasteiger charge is 2.15. The van der Waals surface area contributed by atoms with Crippen molar-refractivity contribution in [2.24, 2.45) is 0 Å². The maximum absolute atomic E-state index is 13.5. The Hall–Kier alpha value is -1.89. The maximum Gasteiger partial charge on any atom is 0.387 e. The molecule has 0 atom stereocenters. The standard InChI is InChI=1S/C14H15F3N2OS/c1-19(5-4-9-3-2-6-21-9)12-8-13(20-14(16)17)10(15)7-11(12)18/h2-3,6-8,14H,4-5,18H2,1H3. The lowest BCUT2D eigenvalue weighted by atomic mass is 10.2. The van der Waals surface area contributed by atoms with Crippen LogP contribution in [0.5, 0.6) is 5.75 Å². The number of alkyl halides is 2. The van der Waals surface area contributed by atoms with Gasteiger partial charge in [-0.25, -0.2) is 4.39 Å². The molecule has 0 aliphatic heterocycles. The normalized spacial score (nSPS) is 10.9. The minimum Gasteiger partial charge on any atom is -0.432 e. The summed E-state index contributed by atoms with van der Waals surface area (Å²) in [5, 5.41) is 1.98. The van der Waals surface area contributed by atoms with Crippen LogP contribution in [0.25, 0.3) is 0 Å². The number of thiophene rings is 1. The number of rotatable bonds is 6. The van der Waals surface area contributed by atoms with E-state index in [2.05, 4.69) is 4.74 Å². The van der Waals surface area contributed by atoms with Gasteiger partial charge in [-0.3, -0.25) is 0 Å². The Labute approximate surface area is 124 Å². The fourth-order valence-electron chi connectivity index (χ4n) is 1.93. The number of hydrogen-bond donors (Lipinski definition) is 1. The molecule has 0 fully saturated rings. The third-order valence-electron chi connectivity index (χ3n) is 2.98. The van der Waals surface area contributed by atoms with Gasteiger partial charge in [-0.1, -0.05) is 6.07 Å². The van der Waals surface area contributed by atoms with Crippen LogP contribution in [-0.2, 0) is 6.42 Å². The molecule has 1 aromatic carbocycles. The lowest BCUT2D eigenvalue weighted by Crippen LogP contribution is -2.21. The Morgan fingerprint density at radius 2 is 2.14 bits per heavy atom. The van der Waals surface area contributed by atoms with E-state index >= 15 is 0 Å². The van der Waals surface area contributed by atoms with E-state index in [1.54, 1.807) is 23.3 Å². The number of hydrogen-bond acceptors (Lipinski definition) is 4. The van der Waals surface area contributed by atoms with E-state index in [0.717, 1.165) is 12.5 Å². The highest BCUT2D eigenvalue weighted by Crippen LogP contribution is 2.31. The fourth-order valence-corrected chi connectivity index (χ4v) is 2.63. The molecule has 21 heavy (non-hydrogen) atoms. The molecular weight excluding hydrogens is 301 g/mol. The first kappa shape index (κ1) is 15.5. The predicted octanol–water partition coefficient (Wildman–Crippen LogP) is 3.75. The zero-order valence-electron chi connectivity index (χ0n) is 11.4. The van der Waals surface area contributed by atoms with Gasteiger partial charge in [0.15, 0.2) is 11.6 Å². The van der Waals surface area contributed by atoms with E-state index in [0.29, 0.717) is 12.2 Å². The summed E-state index contributed by atoms with van der Waals surface area (Å²) in [6.45, 7) is -2.45. The minimum absolute atomic E-state index is 0.183. The molecule has 114 valence electrons. The maximum atomic E-state index is 13.5. The van der Waals surface area contributed by atoms with E-state index < -0.39 is 18.2 Å². The second kappa shape index (κ2) is 6.71. The smallest absolute Gasteiger partial charge is 0.387 e. The summed E-state index contributed by atoms with van der Waals surface area (Å²) in [6, 6.07) is 6.17. The Kier molecular flexibility index (Phi) is 4.95. The molecule has 2 aromatic rings. The molecule has 7 heteroatoms.